The second-order valence-corrected chi connectivity index (χ2v) is 3.60. The van der Waals surface area contributed by atoms with Crippen molar-refractivity contribution in [3.63, 3.8) is 0 Å². The predicted octanol–water partition coefficient (Wildman–Crippen LogP) is 1.68. The van der Waals surface area contributed by atoms with Gasteiger partial charge in [-0.3, -0.25) is 0 Å². The number of hydrogen-bond acceptors (Lipinski definition) is 4. The van der Waals surface area contributed by atoms with Gasteiger partial charge in [-0.05, 0) is 18.2 Å². The average Bonchev–Trinajstić information content (AvgIpc) is 2.26. The van der Waals surface area contributed by atoms with Gasteiger partial charge in [0.25, 0.3) is 0 Å². The highest BCUT2D eigenvalue weighted by molar-refractivity contribution is 6.31. The summed E-state index contributed by atoms with van der Waals surface area (Å²) in [6, 6.07) is 4.41. The van der Waals surface area contributed by atoms with Crippen molar-refractivity contribution in [1.82, 2.24) is 9.97 Å². The van der Waals surface area contributed by atoms with Crippen LogP contribution in [-0.2, 0) is 0 Å². The van der Waals surface area contributed by atoms with Crippen LogP contribution in [0.1, 0.15) is 21.0 Å². The normalized spacial score (nSPS) is 10.4. The molecule has 1 aromatic heterocycles. The van der Waals surface area contributed by atoms with Crippen LogP contribution in [0.25, 0.3) is 11.0 Å². The lowest BCUT2D eigenvalue weighted by Crippen LogP contribution is -2.13. The van der Waals surface area contributed by atoms with Crippen LogP contribution < -0.4 is 0 Å². The van der Waals surface area contributed by atoms with E-state index in [1.165, 1.54) is 18.2 Å². The van der Waals surface area contributed by atoms with Crippen molar-refractivity contribution in [1.29, 1.82) is 0 Å². The molecule has 0 aliphatic carbocycles. The van der Waals surface area contributed by atoms with Gasteiger partial charge in [0.2, 0.25) is 0 Å². The Hall–Kier alpha value is -2.21. The zero-order valence-electron chi connectivity index (χ0n) is 8.22. The zero-order valence-corrected chi connectivity index (χ0v) is 8.97. The summed E-state index contributed by atoms with van der Waals surface area (Å²) in [5.41, 5.74) is -0.684. The fraction of sp³-hybridized carbons (Fsp3) is 0. The van der Waals surface area contributed by atoms with Crippen molar-refractivity contribution < 1.29 is 19.8 Å². The molecule has 0 bridgehead atoms. The number of nitrogens with zero attached hydrogens (tertiary/aromatic N) is 2. The summed E-state index contributed by atoms with van der Waals surface area (Å²) in [5, 5.41) is 18.0. The van der Waals surface area contributed by atoms with Gasteiger partial charge < -0.3 is 10.2 Å². The molecule has 0 atom stereocenters. The summed E-state index contributed by atoms with van der Waals surface area (Å²) in [7, 11) is 0. The van der Waals surface area contributed by atoms with Gasteiger partial charge in [0.15, 0.2) is 11.4 Å². The molecular formula is C10H5ClN2O4. The van der Waals surface area contributed by atoms with Crippen LogP contribution in [0.15, 0.2) is 18.2 Å². The lowest BCUT2D eigenvalue weighted by molar-refractivity contribution is 0.0642. The molecule has 0 amide bonds. The second kappa shape index (κ2) is 3.99. The van der Waals surface area contributed by atoms with E-state index in [9.17, 15) is 9.59 Å². The van der Waals surface area contributed by atoms with Gasteiger partial charge in [-0.1, -0.05) is 11.6 Å². The van der Waals surface area contributed by atoms with E-state index in [2.05, 4.69) is 9.97 Å². The smallest absolute Gasteiger partial charge is 0.357 e. The van der Waals surface area contributed by atoms with E-state index in [-0.39, 0.29) is 11.0 Å². The first-order valence-electron chi connectivity index (χ1n) is 4.43. The highest BCUT2D eigenvalue weighted by atomic mass is 35.5. The fourth-order valence-corrected chi connectivity index (χ4v) is 1.49. The number of aromatic nitrogens is 2. The summed E-state index contributed by atoms with van der Waals surface area (Å²) in [4.78, 5) is 29.2. The number of carbonyl (C=O) groups is 2. The molecule has 7 heteroatoms. The monoisotopic (exact) mass is 252 g/mol. The summed E-state index contributed by atoms with van der Waals surface area (Å²) in [6.07, 6.45) is 0. The van der Waals surface area contributed by atoms with Crippen LogP contribution in [0.5, 0.6) is 0 Å². The van der Waals surface area contributed by atoms with Crippen LogP contribution in [0.3, 0.4) is 0 Å². The largest absolute Gasteiger partial charge is 0.476 e. The van der Waals surface area contributed by atoms with E-state index in [1.807, 2.05) is 0 Å². The molecule has 0 saturated heterocycles. The number of carboxylic acids is 2. The van der Waals surface area contributed by atoms with Gasteiger partial charge in [0.1, 0.15) is 0 Å². The van der Waals surface area contributed by atoms with Gasteiger partial charge in [0.05, 0.1) is 11.0 Å². The van der Waals surface area contributed by atoms with Crippen LogP contribution in [-0.4, -0.2) is 32.1 Å². The van der Waals surface area contributed by atoms with Gasteiger partial charge in [0, 0.05) is 5.02 Å². The molecule has 1 aromatic carbocycles. The molecule has 0 aliphatic rings. The molecule has 2 rings (SSSR count). The van der Waals surface area contributed by atoms with E-state index in [1.54, 1.807) is 0 Å². The third-order valence-electron chi connectivity index (χ3n) is 2.03. The Kier molecular flexibility index (Phi) is 2.64. The lowest BCUT2D eigenvalue weighted by atomic mass is 10.2. The van der Waals surface area contributed by atoms with Crippen molar-refractivity contribution in [3.05, 3.63) is 34.6 Å². The number of carboxylic acid groups (broad SMARTS) is 2. The van der Waals surface area contributed by atoms with Gasteiger partial charge >= 0.3 is 11.9 Å². The Bertz CT molecular complexity index is 641. The molecule has 2 N–H and O–H groups in total. The molecule has 1 heterocycles. The lowest BCUT2D eigenvalue weighted by Gasteiger charge is -2.03. The van der Waals surface area contributed by atoms with Crippen LogP contribution in [0.4, 0.5) is 0 Å². The van der Waals surface area contributed by atoms with E-state index in [0.717, 1.165) is 0 Å². The second-order valence-electron chi connectivity index (χ2n) is 3.16. The van der Waals surface area contributed by atoms with Crippen LogP contribution in [0, 0.1) is 0 Å². The SMILES string of the molecule is O=C(O)c1nc2ccc(Cl)cc2nc1C(=O)O. The molecule has 2 aromatic rings. The van der Waals surface area contributed by atoms with E-state index >= 15 is 0 Å². The highest BCUT2D eigenvalue weighted by Crippen LogP contribution is 2.18. The maximum absolute atomic E-state index is 10.9. The zero-order chi connectivity index (χ0) is 12.6. The molecule has 0 fully saturated rings. The van der Waals surface area contributed by atoms with Crippen molar-refractivity contribution in [2.45, 2.75) is 0 Å². The van der Waals surface area contributed by atoms with E-state index in [0.29, 0.717) is 5.02 Å². The summed E-state index contributed by atoms with van der Waals surface area (Å²) in [6.45, 7) is 0. The molecule has 0 radical (unpaired) electrons. The molecule has 0 saturated carbocycles. The molecular weight excluding hydrogens is 248 g/mol. The van der Waals surface area contributed by atoms with Crippen molar-refractivity contribution >= 4 is 34.6 Å². The first-order chi connectivity index (χ1) is 7.99. The number of hydrogen-bond donors (Lipinski definition) is 2. The Balaban J connectivity index is 2.81. The van der Waals surface area contributed by atoms with Crippen LogP contribution in [0.2, 0.25) is 5.02 Å². The van der Waals surface area contributed by atoms with Crippen molar-refractivity contribution in [3.8, 4) is 0 Å². The Morgan fingerprint density at radius 1 is 1.00 bits per heavy atom. The molecule has 6 nitrogen and oxygen atoms in total. The first kappa shape index (κ1) is 11.3. The van der Waals surface area contributed by atoms with Crippen molar-refractivity contribution in [2.75, 3.05) is 0 Å². The minimum atomic E-state index is -1.45. The number of fused-ring (bicyclic) bond motifs is 1. The third-order valence-corrected chi connectivity index (χ3v) is 2.27. The average molecular weight is 253 g/mol. The topological polar surface area (TPSA) is 100 Å². The van der Waals surface area contributed by atoms with E-state index in [4.69, 9.17) is 21.8 Å². The third kappa shape index (κ3) is 2.02. The molecule has 86 valence electrons. The Labute approximate surface area is 99.5 Å². The Morgan fingerprint density at radius 3 is 2.06 bits per heavy atom. The minimum Gasteiger partial charge on any atom is -0.476 e. The van der Waals surface area contributed by atoms with Gasteiger partial charge in [-0.25, -0.2) is 19.6 Å². The van der Waals surface area contributed by atoms with Gasteiger partial charge in [-0.2, -0.15) is 0 Å². The molecule has 17 heavy (non-hydrogen) atoms. The number of halogens is 1. The predicted molar refractivity (Wildman–Crippen MR) is 58.5 cm³/mol. The van der Waals surface area contributed by atoms with Gasteiger partial charge in [-0.15, -0.1) is 0 Å². The maximum Gasteiger partial charge on any atom is 0.357 e. The quantitative estimate of drug-likeness (QED) is 0.843. The maximum atomic E-state index is 10.9. The standard InChI is InChI=1S/C10H5ClN2O4/c11-4-1-2-5-6(3-4)13-8(10(16)17)7(12-5)9(14)15/h1-3H,(H,14,15)(H,16,17). The highest BCUT2D eigenvalue weighted by Gasteiger charge is 2.20. The molecule has 0 aliphatic heterocycles. The molecule has 0 spiro atoms. The van der Waals surface area contributed by atoms with Crippen LogP contribution >= 0.6 is 11.6 Å². The number of benzene rings is 1. The Morgan fingerprint density at radius 2 is 1.53 bits per heavy atom. The fourth-order valence-electron chi connectivity index (χ4n) is 1.33. The number of rotatable bonds is 2. The first-order valence-corrected chi connectivity index (χ1v) is 4.80. The van der Waals surface area contributed by atoms with E-state index < -0.39 is 23.3 Å². The summed E-state index contributed by atoms with van der Waals surface area (Å²) in [5.74, 6) is -2.89. The number of aromatic carboxylic acids is 2. The minimum absolute atomic E-state index is 0.236. The summed E-state index contributed by atoms with van der Waals surface area (Å²) >= 11 is 5.72. The molecule has 0 unspecified atom stereocenters. The van der Waals surface area contributed by atoms with Crippen molar-refractivity contribution in [2.24, 2.45) is 0 Å². The summed E-state index contributed by atoms with van der Waals surface area (Å²) < 4.78 is 0.